The van der Waals surface area contributed by atoms with Crippen LogP contribution in [0, 0.1) is 0 Å². The van der Waals surface area contributed by atoms with E-state index in [0.717, 1.165) is 4.88 Å². The van der Waals surface area contributed by atoms with Gasteiger partial charge in [-0.05, 0) is 30.5 Å². The van der Waals surface area contributed by atoms with Gasteiger partial charge in [0.15, 0.2) is 0 Å². The van der Waals surface area contributed by atoms with Gasteiger partial charge in [-0.1, -0.05) is 23.4 Å². The van der Waals surface area contributed by atoms with E-state index in [2.05, 4.69) is 10.3 Å². The third kappa shape index (κ3) is 3.21. The number of benzene rings is 1. The molecule has 7 heteroatoms. The zero-order chi connectivity index (χ0) is 17.1. The van der Waals surface area contributed by atoms with Gasteiger partial charge in [-0.25, -0.2) is 4.68 Å². The van der Waals surface area contributed by atoms with Crippen LogP contribution in [0.5, 0.6) is 0 Å². The molecule has 0 unspecified atom stereocenters. The molecule has 0 spiro atoms. The van der Waals surface area contributed by atoms with Crippen LogP contribution >= 0.6 is 11.3 Å². The minimum atomic E-state index is -0.220. The molecule has 0 saturated carbocycles. The number of aryl methyl sites for hydroxylation is 1. The quantitative estimate of drug-likeness (QED) is 0.714. The first-order valence-electron chi connectivity index (χ1n) is 7.69. The van der Waals surface area contributed by atoms with Crippen LogP contribution in [0.4, 0.5) is 0 Å². The maximum absolute atomic E-state index is 12.4. The van der Waals surface area contributed by atoms with Crippen LogP contribution in [0.3, 0.4) is 0 Å². The number of carbonyl (C=O) groups excluding carboxylic acids is 1. The maximum atomic E-state index is 12.4. The van der Waals surface area contributed by atoms with Crippen LogP contribution in [0.2, 0.25) is 0 Å². The van der Waals surface area contributed by atoms with Crippen molar-refractivity contribution in [3.8, 4) is 0 Å². The lowest BCUT2D eigenvalue weighted by Gasteiger charge is -2.24. The highest BCUT2D eigenvalue weighted by Crippen LogP contribution is 2.23. The Morgan fingerprint density at radius 1 is 1.29 bits per heavy atom. The molecule has 0 bridgehead atoms. The molecule has 2 heterocycles. The number of hydrogen-bond acceptors (Lipinski definition) is 5. The molecule has 3 rings (SSSR count). The van der Waals surface area contributed by atoms with Gasteiger partial charge < -0.3 is 4.90 Å². The normalized spacial score (nSPS) is 12.2. The Morgan fingerprint density at radius 2 is 2.08 bits per heavy atom. The van der Waals surface area contributed by atoms with E-state index in [9.17, 15) is 9.59 Å². The summed E-state index contributed by atoms with van der Waals surface area (Å²) in [7, 11) is 1.78. The molecule has 2 aromatic heterocycles. The first-order chi connectivity index (χ1) is 11.6. The van der Waals surface area contributed by atoms with Crippen molar-refractivity contribution in [2.45, 2.75) is 25.9 Å². The summed E-state index contributed by atoms with van der Waals surface area (Å²) >= 11 is 1.62. The van der Waals surface area contributed by atoms with Crippen molar-refractivity contribution in [1.29, 1.82) is 0 Å². The standard InChI is InChI=1S/C17H18N4O2S/c1-12(15-8-5-11-24-15)20(2)16(22)9-10-21-17(23)13-6-3-4-7-14(13)18-19-21/h3-8,11-12H,9-10H2,1-2H3/t12-/m1/s1. The average Bonchev–Trinajstić information content (AvgIpc) is 3.14. The third-order valence-electron chi connectivity index (χ3n) is 4.10. The minimum Gasteiger partial charge on any atom is -0.338 e. The molecule has 1 amide bonds. The number of hydrogen-bond donors (Lipinski definition) is 0. The fourth-order valence-electron chi connectivity index (χ4n) is 2.48. The molecule has 0 aliphatic rings. The largest absolute Gasteiger partial charge is 0.338 e. The minimum absolute atomic E-state index is 0.0110. The number of rotatable bonds is 5. The predicted octanol–water partition coefficient (Wildman–Crippen LogP) is 2.46. The molecule has 6 nitrogen and oxygen atoms in total. The molecule has 1 aromatic carbocycles. The van der Waals surface area contributed by atoms with Crippen molar-refractivity contribution in [3.63, 3.8) is 0 Å². The van der Waals surface area contributed by atoms with Crippen LogP contribution < -0.4 is 5.56 Å². The van der Waals surface area contributed by atoms with Crippen molar-refractivity contribution in [2.75, 3.05) is 7.05 Å². The van der Waals surface area contributed by atoms with E-state index >= 15 is 0 Å². The fourth-order valence-corrected chi connectivity index (χ4v) is 3.31. The highest BCUT2D eigenvalue weighted by molar-refractivity contribution is 7.10. The molecule has 0 aliphatic carbocycles. The van der Waals surface area contributed by atoms with E-state index in [0.29, 0.717) is 10.9 Å². The van der Waals surface area contributed by atoms with Gasteiger partial charge in [-0.3, -0.25) is 9.59 Å². The summed E-state index contributed by atoms with van der Waals surface area (Å²) in [4.78, 5) is 27.6. The Morgan fingerprint density at radius 3 is 2.83 bits per heavy atom. The predicted molar refractivity (Wildman–Crippen MR) is 93.9 cm³/mol. The summed E-state index contributed by atoms with van der Waals surface area (Å²) in [5.41, 5.74) is 0.343. The molecule has 124 valence electrons. The van der Waals surface area contributed by atoms with Gasteiger partial charge in [0.25, 0.3) is 5.56 Å². The van der Waals surface area contributed by atoms with Gasteiger partial charge in [0.1, 0.15) is 5.52 Å². The third-order valence-corrected chi connectivity index (χ3v) is 5.14. The van der Waals surface area contributed by atoms with Gasteiger partial charge in [-0.15, -0.1) is 16.4 Å². The summed E-state index contributed by atoms with van der Waals surface area (Å²) in [6.07, 6.45) is 0.207. The van der Waals surface area contributed by atoms with Crippen molar-refractivity contribution in [1.82, 2.24) is 19.9 Å². The lowest BCUT2D eigenvalue weighted by atomic mass is 10.2. The Labute approximate surface area is 143 Å². The molecule has 0 aliphatic heterocycles. The van der Waals surface area contributed by atoms with Crippen LogP contribution in [0.25, 0.3) is 10.9 Å². The molecule has 0 radical (unpaired) electrons. The average molecular weight is 342 g/mol. The summed E-state index contributed by atoms with van der Waals surface area (Å²) in [5.74, 6) is -0.0299. The zero-order valence-electron chi connectivity index (χ0n) is 13.5. The van der Waals surface area contributed by atoms with E-state index in [1.807, 2.05) is 30.5 Å². The first kappa shape index (κ1) is 16.3. The van der Waals surface area contributed by atoms with Crippen LogP contribution in [-0.4, -0.2) is 32.8 Å². The van der Waals surface area contributed by atoms with E-state index in [1.165, 1.54) is 4.68 Å². The Balaban J connectivity index is 1.70. The number of nitrogens with zero attached hydrogens (tertiary/aromatic N) is 4. The summed E-state index contributed by atoms with van der Waals surface area (Å²) in [5, 5.41) is 10.5. The second-order valence-corrected chi connectivity index (χ2v) is 6.56. The topological polar surface area (TPSA) is 68.1 Å². The number of thiophene rings is 1. The second-order valence-electron chi connectivity index (χ2n) is 5.58. The summed E-state index contributed by atoms with van der Waals surface area (Å²) in [6.45, 7) is 2.21. The second kappa shape index (κ2) is 6.92. The summed E-state index contributed by atoms with van der Waals surface area (Å²) in [6, 6.07) is 11.1. The Kier molecular flexibility index (Phi) is 4.71. The van der Waals surface area contributed by atoms with Gasteiger partial charge in [0.05, 0.1) is 18.0 Å². The number of amides is 1. The summed E-state index contributed by atoms with van der Waals surface area (Å²) < 4.78 is 1.25. The SMILES string of the molecule is C[C@H](c1cccs1)N(C)C(=O)CCn1nnc2ccccc2c1=O. The van der Waals surface area contributed by atoms with E-state index in [1.54, 1.807) is 41.5 Å². The number of aromatic nitrogens is 3. The van der Waals surface area contributed by atoms with Crippen molar-refractivity contribution < 1.29 is 4.79 Å². The van der Waals surface area contributed by atoms with Crippen LogP contribution in [0.15, 0.2) is 46.6 Å². The smallest absolute Gasteiger partial charge is 0.277 e. The molecule has 1 atom stereocenters. The number of fused-ring (bicyclic) bond motifs is 1. The van der Waals surface area contributed by atoms with Gasteiger partial charge in [-0.2, -0.15) is 0 Å². The zero-order valence-corrected chi connectivity index (χ0v) is 14.4. The van der Waals surface area contributed by atoms with Gasteiger partial charge >= 0.3 is 0 Å². The molecule has 0 saturated heterocycles. The highest BCUT2D eigenvalue weighted by atomic mass is 32.1. The molecular formula is C17H18N4O2S. The van der Waals surface area contributed by atoms with Crippen molar-refractivity contribution in [3.05, 3.63) is 57.0 Å². The first-order valence-corrected chi connectivity index (χ1v) is 8.57. The van der Waals surface area contributed by atoms with Crippen molar-refractivity contribution >= 4 is 28.1 Å². The molecule has 3 aromatic rings. The van der Waals surface area contributed by atoms with E-state index in [4.69, 9.17) is 0 Å². The Hall–Kier alpha value is -2.54. The Bertz CT molecular complexity index is 904. The number of carbonyl (C=O) groups is 1. The van der Waals surface area contributed by atoms with Crippen molar-refractivity contribution in [2.24, 2.45) is 0 Å². The van der Waals surface area contributed by atoms with Gasteiger partial charge in [0, 0.05) is 18.3 Å². The van der Waals surface area contributed by atoms with Gasteiger partial charge in [0.2, 0.25) is 5.91 Å². The van der Waals surface area contributed by atoms with E-state index < -0.39 is 0 Å². The molecular weight excluding hydrogens is 324 g/mol. The van der Waals surface area contributed by atoms with Crippen LogP contribution in [-0.2, 0) is 11.3 Å². The lowest BCUT2D eigenvalue weighted by Crippen LogP contribution is -2.32. The lowest BCUT2D eigenvalue weighted by molar-refractivity contribution is -0.132. The molecule has 0 fully saturated rings. The fraction of sp³-hybridized carbons (Fsp3) is 0.294. The van der Waals surface area contributed by atoms with E-state index in [-0.39, 0.29) is 30.5 Å². The monoisotopic (exact) mass is 342 g/mol. The van der Waals surface area contributed by atoms with Crippen LogP contribution in [0.1, 0.15) is 24.3 Å². The highest BCUT2D eigenvalue weighted by Gasteiger charge is 2.18. The maximum Gasteiger partial charge on any atom is 0.277 e. The molecule has 24 heavy (non-hydrogen) atoms. The molecule has 0 N–H and O–H groups in total.